The first kappa shape index (κ1) is 7.01. The van der Waals surface area contributed by atoms with E-state index in [4.69, 9.17) is 0 Å². The third kappa shape index (κ3) is 0.924. The van der Waals surface area contributed by atoms with E-state index in [0.717, 1.165) is 25.7 Å². The van der Waals surface area contributed by atoms with Gasteiger partial charge in [-0.3, -0.25) is 9.59 Å². The summed E-state index contributed by atoms with van der Waals surface area (Å²) in [7, 11) is 0. The van der Waals surface area contributed by atoms with Gasteiger partial charge < -0.3 is 0 Å². The van der Waals surface area contributed by atoms with Gasteiger partial charge in [0.2, 0.25) is 0 Å². The summed E-state index contributed by atoms with van der Waals surface area (Å²) in [5.74, 6) is 0.386. The second kappa shape index (κ2) is 2.16. The molecule has 0 aliphatic heterocycles. The molecule has 11 heavy (non-hydrogen) atoms. The molecule has 0 N–H and O–H groups in total. The van der Waals surface area contributed by atoms with Crippen molar-refractivity contribution in [1.82, 2.24) is 0 Å². The Bertz CT molecular complexity index is 212. The maximum absolute atomic E-state index is 11.4. The van der Waals surface area contributed by atoms with E-state index in [2.05, 4.69) is 0 Å². The van der Waals surface area contributed by atoms with Gasteiger partial charge >= 0.3 is 0 Å². The van der Waals surface area contributed by atoms with Crippen molar-refractivity contribution < 1.29 is 9.59 Å². The summed E-state index contributed by atoms with van der Waals surface area (Å²) in [5.41, 5.74) is -0.170. The summed E-state index contributed by atoms with van der Waals surface area (Å²) < 4.78 is 0. The molecule has 2 aliphatic carbocycles. The first-order chi connectivity index (χ1) is 5.23. The number of hydrogen-bond acceptors (Lipinski definition) is 2. The lowest BCUT2D eigenvalue weighted by Crippen LogP contribution is -2.20. The van der Waals surface area contributed by atoms with Crippen molar-refractivity contribution in [2.24, 2.45) is 5.41 Å². The Labute approximate surface area is 66.0 Å². The molecule has 0 amide bonds. The highest BCUT2D eigenvalue weighted by Gasteiger charge is 2.47. The molecular weight excluding hydrogens is 140 g/mol. The van der Waals surface area contributed by atoms with Gasteiger partial charge in [0, 0.05) is 11.8 Å². The summed E-state index contributed by atoms with van der Waals surface area (Å²) in [5, 5.41) is 0. The fourth-order valence-electron chi connectivity index (χ4n) is 2.41. The SMILES string of the molecule is O=C1CC(=O)C2(CCCC2)C1. The second-order valence-electron chi connectivity index (χ2n) is 3.80. The summed E-state index contributed by atoms with van der Waals surface area (Å²) in [6, 6.07) is 0. The van der Waals surface area contributed by atoms with Gasteiger partial charge in [0.05, 0.1) is 6.42 Å². The first-order valence-electron chi connectivity index (χ1n) is 4.28. The van der Waals surface area contributed by atoms with Crippen molar-refractivity contribution in [3.63, 3.8) is 0 Å². The zero-order valence-electron chi connectivity index (χ0n) is 6.56. The molecule has 0 bridgehead atoms. The molecule has 0 aromatic rings. The number of rotatable bonds is 0. The van der Waals surface area contributed by atoms with E-state index < -0.39 is 0 Å². The normalized spacial score (nSPS) is 28.7. The lowest BCUT2D eigenvalue weighted by molar-refractivity contribution is -0.125. The monoisotopic (exact) mass is 152 g/mol. The summed E-state index contributed by atoms with van der Waals surface area (Å²) in [6.45, 7) is 0. The Balaban J connectivity index is 2.24. The molecule has 2 nitrogen and oxygen atoms in total. The summed E-state index contributed by atoms with van der Waals surface area (Å²) in [6.07, 6.45) is 4.99. The third-order valence-corrected chi connectivity index (χ3v) is 3.05. The maximum Gasteiger partial charge on any atom is 0.146 e. The first-order valence-corrected chi connectivity index (χ1v) is 4.28. The van der Waals surface area contributed by atoms with Crippen LogP contribution in [0.25, 0.3) is 0 Å². The topological polar surface area (TPSA) is 34.1 Å². The minimum Gasteiger partial charge on any atom is -0.299 e. The van der Waals surface area contributed by atoms with Gasteiger partial charge in [-0.25, -0.2) is 0 Å². The molecule has 0 aromatic heterocycles. The van der Waals surface area contributed by atoms with Crippen LogP contribution in [0.4, 0.5) is 0 Å². The number of Topliss-reactive ketones (excluding diaryl/α,β-unsaturated/α-hetero) is 2. The smallest absolute Gasteiger partial charge is 0.146 e. The lowest BCUT2D eigenvalue weighted by atomic mass is 9.84. The number of carbonyl (C=O) groups is 2. The predicted molar refractivity (Wildman–Crippen MR) is 40.1 cm³/mol. The molecule has 60 valence electrons. The van der Waals surface area contributed by atoms with E-state index in [0.29, 0.717) is 6.42 Å². The summed E-state index contributed by atoms with van der Waals surface area (Å²) >= 11 is 0. The lowest BCUT2D eigenvalue weighted by Gasteiger charge is -2.17. The zero-order chi connectivity index (χ0) is 7.90. The Morgan fingerprint density at radius 3 is 2.18 bits per heavy atom. The van der Waals surface area contributed by atoms with Crippen LogP contribution >= 0.6 is 0 Å². The van der Waals surface area contributed by atoms with Crippen LogP contribution in [0.3, 0.4) is 0 Å². The van der Waals surface area contributed by atoms with Crippen LogP contribution in [0.2, 0.25) is 0 Å². The predicted octanol–water partition coefficient (Wildman–Crippen LogP) is 1.48. The average molecular weight is 152 g/mol. The van der Waals surface area contributed by atoms with Crippen LogP contribution in [0.5, 0.6) is 0 Å². The van der Waals surface area contributed by atoms with Crippen molar-refractivity contribution in [3.8, 4) is 0 Å². The van der Waals surface area contributed by atoms with Crippen LogP contribution in [0.1, 0.15) is 38.5 Å². The number of hydrogen-bond donors (Lipinski definition) is 0. The van der Waals surface area contributed by atoms with Crippen molar-refractivity contribution in [2.75, 3.05) is 0 Å². The maximum atomic E-state index is 11.4. The molecule has 2 fully saturated rings. The fourth-order valence-corrected chi connectivity index (χ4v) is 2.41. The Hall–Kier alpha value is -0.660. The third-order valence-electron chi connectivity index (χ3n) is 3.05. The van der Waals surface area contributed by atoms with Crippen molar-refractivity contribution in [2.45, 2.75) is 38.5 Å². The standard InChI is InChI=1S/C9H12O2/c10-7-5-8(11)9(6-7)3-1-2-4-9/h1-6H2. The van der Waals surface area contributed by atoms with Gasteiger partial charge in [0.1, 0.15) is 11.6 Å². The van der Waals surface area contributed by atoms with Gasteiger partial charge in [-0.1, -0.05) is 12.8 Å². The van der Waals surface area contributed by atoms with Crippen LogP contribution in [0, 0.1) is 5.41 Å². The highest BCUT2D eigenvalue weighted by molar-refractivity contribution is 6.09. The van der Waals surface area contributed by atoms with E-state index in [1.165, 1.54) is 0 Å². The van der Waals surface area contributed by atoms with Crippen molar-refractivity contribution in [3.05, 3.63) is 0 Å². The van der Waals surface area contributed by atoms with E-state index in [1.807, 2.05) is 0 Å². The van der Waals surface area contributed by atoms with Crippen molar-refractivity contribution in [1.29, 1.82) is 0 Å². The Morgan fingerprint density at radius 1 is 1.09 bits per heavy atom. The van der Waals surface area contributed by atoms with E-state index in [-0.39, 0.29) is 23.4 Å². The molecule has 0 saturated heterocycles. The van der Waals surface area contributed by atoms with Gasteiger partial charge in [0.15, 0.2) is 0 Å². The number of ketones is 2. The zero-order valence-corrected chi connectivity index (χ0v) is 6.56. The van der Waals surface area contributed by atoms with E-state index in [9.17, 15) is 9.59 Å². The molecule has 2 saturated carbocycles. The molecular formula is C9H12O2. The van der Waals surface area contributed by atoms with Crippen LogP contribution in [-0.2, 0) is 9.59 Å². The van der Waals surface area contributed by atoms with Crippen LogP contribution in [-0.4, -0.2) is 11.6 Å². The van der Waals surface area contributed by atoms with Gasteiger partial charge in [-0.15, -0.1) is 0 Å². The molecule has 2 rings (SSSR count). The minimum atomic E-state index is -0.170. The molecule has 0 unspecified atom stereocenters. The molecule has 0 atom stereocenters. The second-order valence-corrected chi connectivity index (χ2v) is 3.80. The molecule has 0 heterocycles. The molecule has 2 heteroatoms. The average Bonchev–Trinajstić information content (AvgIpc) is 2.45. The molecule has 0 radical (unpaired) electrons. The highest BCUT2D eigenvalue weighted by atomic mass is 16.2. The Kier molecular flexibility index (Phi) is 1.38. The Morgan fingerprint density at radius 2 is 1.73 bits per heavy atom. The van der Waals surface area contributed by atoms with Gasteiger partial charge in [-0.05, 0) is 12.8 Å². The van der Waals surface area contributed by atoms with Crippen LogP contribution < -0.4 is 0 Å². The highest BCUT2D eigenvalue weighted by Crippen LogP contribution is 2.46. The largest absolute Gasteiger partial charge is 0.299 e. The molecule has 1 spiro atoms. The van der Waals surface area contributed by atoms with Gasteiger partial charge in [-0.2, -0.15) is 0 Å². The quantitative estimate of drug-likeness (QED) is 0.493. The van der Waals surface area contributed by atoms with Gasteiger partial charge in [0.25, 0.3) is 0 Å². The van der Waals surface area contributed by atoms with E-state index >= 15 is 0 Å². The van der Waals surface area contributed by atoms with Crippen molar-refractivity contribution >= 4 is 11.6 Å². The minimum absolute atomic E-state index is 0.164. The number of carbonyl (C=O) groups excluding carboxylic acids is 2. The van der Waals surface area contributed by atoms with Crippen LogP contribution in [0.15, 0.2) is 0 Å². The summed E-state index contributed by atoms with van der Waals surface area (Å²) in [4.78, 5) is 22.4. The fraction of sp³-hybridized carbons (Fsp3) is 0.778. The molecule has 2 aliphatic rings. The van der Waals surface area contributed by atoms with E-state index in [1.54, 1.807) is 0 Å². The molecule has 0 aromatic carbocycles.